The fraction of sp³-hybridized carbons (Fsp3) is 0.417. The Labute approximate surface area is 111 Å². The smallest absolute Gasteiger partial charge is 0.327 e. The molecular weight excluding hydrogens is 253 g/mol. The van der Waals surface area contributed by atoms with Gasteiger partial charge in [-0.25, -0.2) is 10.2 Å². The molecule has 0 fully saturated rings. The summed E-state index contributed by atoms with van der Waals surface area (Å²) in [7, 11) is 3.24. The lowest BCUT2D eigenvalue weighted by Crippen LogP contribution is -2.29. The number of hydrazine groups is 1. The minimum Gasteiger partial charge on any atom is -0.494 e. The van der Waals surface area contributed by atoms with Gasteiger partial charge in [0, 0.05) is 13.1 Å². The first kappa shape index (κ1) is 15.4. The van der Waals surface area contributed by atoms with Gasteiger partial charge in [-0.2, -0.15) is 0 Å². The molecular formula is C12H18FN3O3. The molecule has 0 aliphatic carbocycles. The largest absolute Gasteiger partial charge is 0.494 e. The summed E-state index contributed by atoms with van der Waals surface area (Å²) in [5, 5.41) is 0. The SMILES string of the molecule is COc1ccc(CN(C)CCC(=O)ONN)cc1F. The molecule has 0 unspecified atom stereocenters. The summed E-state index contributed by atoms with van der Waals surface area (Å²) in [6.07, 6.45) is 0.194. The van der Waals surface area contributed by atoms with Crippen molar-refractivity contribution in [2.45, 2.75) is 13.0 Å². The summed E-state index contributed by atoms with van der Waals surface area (Å²) in [6, 6.07) is 4.76. The van der Waals surface area contributed by atoms with Crippen LogP contribution in [-0.2, 0) is 16.2 Å². The van der Waals surface area contributed by atoms with Crippen LogP contribution in [0.1, 0.15) is 12.0 Å². The molecule has 1 aromatic rings. The normalized spacial score (nSPS) is 10.6. The first-order valence-corrected chi connectivity index (χ1v) is 5.73. The molecule has 106 valence electrons. The van der Waals surface area contributed by atoms with Crippen LogP contribution in [0, 0.1) is 5.82 Å². The summed E-state index contributed by atoms with van der Waals surface area (Å²) in [4.78, 5) is 17.3. The van der Waals surface area contributed by atoms with E-state index in [0.717, 1.165) is 5.56 Å². The second-order valence-corrected chi connectivity index (χ2v) is 4.05. The molecule has 0 aliphatic rings. The van der Waals surface area contributed by atoms with Crippen LogP contribution >= 0.6 is 0 Å². The summed E-state index contributed by atoms with van der Waals surface area (Å²) < 4.78 is 18.3. The topological polar surface area (TPSA) is 76.8 Å². The third-order valence-electron chi connectivity index (χ3n) is 2.54. The zero-order valence-electron chi connectivity index (χ0n) is 11.0. The molecule has 0 amide bonds. The highest BCUT2D eigenvalue weighted by Crippen LogP contribution is 2.18. The van der Waals surface area contributed by atoms with E-state index in [0.29, 0.717) is 13.1 Å². The first-order valence-electron chi connectivity index (χ1n) is 5.73. The highest BCUT2D eigenvalue weighted by Gasteiger charge is 2.08. The average Bonchev–Trinajstić information content (AvgIpc) is 2.37. The predicted molar refractivity (Wildman–Crippen MR) is 67.3 cm³/mol. The van der Waals surface area contributed by atoms with Gasteiger partial charge in [-0.05, 0) is 24.7 Å². The van der Waals surface area contributed by atoms with E-state index in [1.54, 1.807) is 12.1 Å². The average molecular weight is 271 g/mol. The van der Waals surface area contributed by atoms with E-state index in [4.69, 9.17) is 10.6 Å². The molecule has 1 aromatic carbocycles. The Morgan fingerprint density at radius 1 is 1.53 bits per heavy atom. The van der Waals surface area contributed by atoms with Crippen molar-refractivity contribution in [2.75, 3.05) is 20.7 Å². The number of nitrogens with two attached hydrogens (primary N) is 1. The molecule has 0 saturated heterocycles. The zero-order valence-corrected chi connectivity index (χ0v) is 11.0. The van der Waals surface area contributed by atoms with Crippen LogP contribution in [0.15, 0.2) is 18.2 Å². The number of ether oxygens (including phenoxy) is 1. The molecule has 3 N–H and O–H groups in total. The number of methoxy groups -OCH3 is 1. The van der Waals surface area contributed by atoms with Gasteiger partial charge in [-0.1, -0.05) is 11.7 Å². The number of carbonyl (C=O) groups excluding carboxylic acids is 1. The van der Waals surface area contributed by atoms with Crippen LogP contribution in [0.5, 0.6) is 5.75 Å². The van der Waals surface area contributed by atoms with E-state index >= 15 is 0 Å². The number of rotatable bonds is 7. The van der Waals surface area contributed by atoms with Crippen molar-refractivity contribution < 1.29 is 18.8 Å². The molecule has 19 heavy (non-hydrogen) atoms. The molecule has 0 aromatic heterocycles. The van der Waals surface area contributed by atoms with E-state index in [2.05, 4.69) is 4.84 Å². The Hall–Kier alpha value is -1.70. The molecule has 0 spiro atoms. The maximum atomic E-state index is 13.5. The monoisotopic (exact) mass is 271 g/mol. The lowest BCUT2D eigenvalue weighted by Gasteiger charge is -2.16. The van der Waals surface area contributed by atoms with Gasteiger partial charge in [0.2, 0.25) is 0 Å². The number of hydrogen-bond acceptors (Lipinski definition) is 6. The van der Waals surface area contributed by atoms with Crippen molar-refractivity contribution in [3.63, 3.8) is 0 Å². The van der Waals surface area contributed by atoms with E-state index in [1.807, 2.05) is 17.5 Å². The zero-order chi connectivity index (χ0) is 14.3. The van der Waals surface area contributed by atoms with E-state index < -0.39 is 11.8 Å². The van der Waals surface area contributed by atoms with Gasteiger partial charge in [0.15, 0.2) is 11.6 Å². The van der Waals surface area contributed by atoms with Gasteiger partial charge in [0.1, 0.15) is 0 Å². The van der Waals surface area contributed by atoms with Crippen LogP contribution in [0.2, 0.25) is 0 Å². The van der Waals surface area contributed by atoms with Gasteiger partial charge in [0.25, 0.3) is 0 Å². The van der Waals surface area contributed by atoms with Crippen LogP contribution in [-0.4, -0.2) is 31.6 Å². The fourth-order valence-electron chi connectivity index (χ4n) is 1.60. The Morgan fingerprint density at radius 2 is 2.26 bits per heavy atom. The van der Waals surface area contributed by atoms with Crippen molar-refractivity contribution in [1.82, 2.24) is 10.5 Å². The molecule has 0 bridgehead atoms. The lowest BCUT2D eigenvalue weighted by atomic mass is 10.2. The predicted octanol–water partition coefficient (Wildman–Crippen LogP) is 0.578. The number of benzene rings is 1. The molecule has 0 aliphatic heterocycles. The van der Waals surface area contributed by atoms with Gasteiger partial charge < -0.3 is 14.5 Å². The molecule has 6 nitrogen and oxygen atoms in total. The van der Waals surface area contributed by atoms with Gasteiger partial charge in [0.05, 0.1) is 13.5 Å². The summed E-state index contributed by atoms with van der Waals surface area (Å²) in [6.45, 7) is 0.998. The maximum absolute atomic E-state index is 13.5. The van der Waals surface area contributed by atoms with Crippen LogP contribution in [0.25, 0.3) is 0 Å². The summed E-state index contributed by atoms with van der Waals surface area (Å²) in [5.41, 5.74) is 2.63. The Kier molecular flexibility index (Phi) is 6.20. The van der Waals surface area contributed by atoms with Crippen molar-refractivity contribution in [1.29, 1.82) is 0 Å². The standard InChI is InChI=1S/C12H18FN3O3/c1-16(6-5-12(17)19-15-14)8-9-3-4-11(18-2)10(13)7-9/h3-4,7,15H,5-6,8,14H2,1-2H3. The second-order valence-electron chi connectivity index (χ2n) is 4.05. The van der Waals surface area contributed by atoms with Gasteiger partial charge >= 0.3 is 5.97 Å². The molecule has 0 saturated carbocycles. The number of halogens is 1. The Bertz CT molecular complexity index is 429. The van der Waals surface area contributed by atoms with Crippen molar-refractivity contribution in [3.05, 3.63) is 29.6 Å². The summed E-state index contributed by atoms with van der Waals surface area (Å²) >= 11 is 0. The van der Waals surface area contributed by atoms with E-state index in [9.17, 15) is 9.18 Å². The van der Waals surface area contributed by atoms with Crippen LogP contribution in [0.4, 0.5) is 4.39 Å². The molecule has 0 heterocycles. The third kappa shape index (κ3) is 5.21. The summed E-state index contributed by atoms with van der Waals surface area (Å²) in [5.74, 6) is 4.20. The minimum absolute atomic E-state index is 0.194. The lowest BCUT2D eigenvalue weighted by molar-refractivity contribution is -0.151. The van der Waals surface area contributed by atoms with Crippen molar-refractivity contribution in [3.8, 4) is 5.75 Å². The first-order chi connectivity index (χ1) is 9.06. The quantitative estimate of drug-likeness (QED) is 0.558. The minimum atomic E-state index is -0.449. The molecule has 0 atom stereocenters. The number of nitrogens with zero attached hydrogens (tertiary/aromatic N) is 1. The van der Waals surface area contributed by atoms with Gasteiger partial charge in [-0.3, -0.25) is 4.79 Å². The van der Waals surface area contributed by atoms with Crippen molar-refractivity contribution >= 4 is 5.97 Å². The van der Waals surface area contributed by atoms with Crippen molar-refractivity contribution in [2.24, 2.45) is 5.84 Å². The van der Waals surface area contributed by atoms with Gasteiger partial charge in [-0.15, -0.1) is 0 Å². The molecule has 1 rings (SSSR count). The molecule has 0 radical (unpaired) electrons. The second kappa shape index (κ2) is 7.67. The molecule has 7 heteroatoms. The van der Waals surface area contributed by atoms with E-state index in [1.165, 1.54) is 13.2 Å². The third-order valence-corrected chi connectivity index (χ3v) is 2.54. The number of hydrogen-bond donors (Lipinski definition) is 2. The highest BCUT2D eigenvalue weighted by molar-refractivity contribution is 5.69. The highest BCUT2D eigenvalue weighted by atomic mass is 19.1. The van der Waals surface area contributed by atoms with Crippen LogP contribution in [0.3, 0.4) is 0 Å². The number of carbonyl (C=O) groups is 1. The van der Waals surface area contributed by atoms with Crippen LogP contribution < -0.4 is 16.2 Å². The van der Waals surface area contributed by atoms with E-state index in [-0.39, 0.29) is 12.2 Å². The number of nitrogens with one attached hydrogen (secondary N) is 1. The Morgan fingerprint density at radius 3 is 2.84 bits per heavy atom. The maximum Gasteiger partial charge on any atom is 0.327 e. The fourth-order valence-corrected chi connectivity index (χ4v) is 1.60. The Balaban J connectivity index is 2.46.